The number of aromatic nitrogens is 2. The first-order valence-electron chi connectivity index (χ1n) is 6.46. The molecule has 2 heterocycles. The fourth-order valence-electron chi connectivity index (χ4n) is 2.19. The van der Waals surface area contributed by atoms with Gasteiger partial charge in [0.1, 0.15) is 17.0 Å². The van der Waals surface area contributed by atoms with E-state index < -0.39 is 0 Å². The lowest BCUT2D eigenvalue weighted by molar-refractivity contribution is 1.07. The number of rotatable bonds is 3. The summed E-state index contributed by atoms with van der Waals surface area (Å²) < 4.78 is 0. The molecule has 3 N–H and O–H groups in total. The van der Waals surface area contributed by atoms with Crippen LogP contribution >= 0.6 is 11.3 Å². The van der Waals surface area contributed by atoms with Crippen LogP contribution in [-0.4, -0.2) is 9.97 Å². The first-order chi connectivity index (χ1) is 9.69. The molecule has 0 spiro atoms. The molecular formula is C15H16N4S. The highest BCUT2D eigenvalue weighted by Gasteiger charge is 2.11. The van der Waals surface area contributed by atoms with Crippen molar-refractivity contribution in [2.45, 2.75) is 20.4 Å². The maximum Gasteiger partial charge on any atom is 0.142 e. The zero-order valence-electron chi connectivity index (χ0n) is 11.5. The number of benzene rings is 1. The van der Waals surface area contributed by atoms with Crippen LogP contribution in [0, 0.1) is 13.8 Å². The van der Waals surface area contributed by atoms with Crippen LogP contribution in [0.5, 0.6) is 0 Å². The van der Waals surface area contributed by atoms with Gasteiger partial charge in [0.15, 0.2) is 0 Å². The van der Waals surface area contributed by atoms with Crippen molar-refractivity contribution in [1.82, 2.24) is 9.97 Å². The molecule has 0 fully saturated rings. The largest absolute Gasteiger partial charge is 0.340 e. The first-order valence-corrected chi connectivity index (χ1v) is 7.27. The molecule has 0 bridgehead atoms. The van der Waals surface area contributed by atoms with Crippen LogP contribution < -0.4 is 11.1 Å². The van der Waals surface area contributed by atoms with Gasteiger partial charge >= 0.3 is 0 Å². The molecule has 3 aromatic rings. The minimum atomic E-state index is 0.533. The Hall–Kier alpha value is -1.98. The van der Waals surface area contributed by atoms with Crippen molar-refractivity contribution in [2.24, 2.45) is 5.73 Å². The van der Waals surface area contributed by atoms with E-state index in [4.69, 9.17) is 5.73 Å². The molecule has 0 aliphatic carbocycles. The van der Waals surface area contributed by atoms with Gasteiger partial charge in [-0.1, -0.05) is 12.1 Å². The Morgan fingerprint density at radius 3 is 2.90 bits per heavy atom. The smallest absolute Gasteiger partial charge is 0.142 e. The van der Waals surface area contributed by atoms with Crippen LogP contribution in [0.2, 0.25) is 0 Å². The number of nitrogens with one attached hydrogen (secondary N) is 1. The standard InChI is InChI=1S/C15H16N4S/c1-9-10(2)20-15-13(9)14(17-8-18-15)19-12-5-3-4-11(6-12)7-16/h3-6,8H,7,16H2,1-2H3,(H,17,18,19). The number of fused-ring (bicyclic) bond motifs is 1. The fraction of sp³-hybridized carbons (Fsp3) is 0.200. The summed E-state index contributed by atoms with van der Waals surface area (Å²) in [7, 11) is 0. The van der Waals surface area contributed by atoms with Gasteiger partial charge in [-0.2, -0.15) is 0 Å². The van der Waals surface area contributed by atoms with Crippen molar-refractivity contribution >= 4 is 33.1 Å². The molecule has 0 aliphatic rings. The fourth-order valence-corrected chi connectivity index (χ4v) is 3.19. The maximum absolute atomic E-state index is 5.68. The number of anilines is 2. The lowest BCUT2D eigenvalue weighted by Gasteiger charge is -2.08. The van der Waals surface area contributed by atoms with E-state index in [1.54, 1.807) is 17.7 Å². The third-order valence-corrected chi connectivity index (χ3v) is 4.51. The lowest BCUT2D eigenvalue weighted by Crippen LogP contribution is -1.99. The van der Waals surface area contributed by atoms with Gasteiger partial charge in [-0.15, -0.1) is 11.3 Å². The van der Waals surface area contributed by atoms with E-state index in [-0.39, 0.29) is 0 Å². The highest BCUT2D eigenvalue weighted by atomic mass is 32.1. The molecule has 20 heavy (non-hydrogen) atoms. The SMILES string of the molecule is Cc1sc2ncnc(Nc3cccc(CN)c3)c2c1C. The van der Waals surface area contributed by atoms with E-state index in [1.165, 1.54) is 10.4 Å². The van der Waals surface area contributed by atoms with E-state index in [0.717, 1.165) is 27.3 Å². The van der Waals surface area contributed by atoms with Gasteiger partial charge in [0, 0.05) is 17.1 Å². The van der Waals surface area contributed by atoms with Crippen LogP contribution in [-0.2, 0) is 6.54 Å². The van der Waals surface area contributed by atoms with Crippen molar-refractivity contribution in [2.75, 3.05) is 5.32 Å². The number of aryl methyl sites for hydroxylation is 2. The molecule has 1 aromatic carbocycles. The highest BCUT2D eigenvalue weighted by molar-refractivity contribution is 7.18. The van der Waals surface area contributed by atoms with Gasteiger partial charge < -0.3 is 11.1 Å². The Morgan fingerprint density at radius 1 is 1.25 bits per heavy atom. The number of nitrogens with two attached hydrogens (primary N) is 1. The van der Waals surface area contributed by atoms with Gasteiger partial charge in [-0.05, 0) is 37.1 Å². The topological polar surface area (TPSA) is 63.8 Å². The summed E-state index contributed by atoms with van der Waals surface area (Å²) in [4.78, 5) is 11.0. The van der Waals surface area contributed by atoms with Crippen LogP contribution in [0.1, 0.15) is 16.0 Å². The predicted octanol–water partition coefficient (Wildman–Crippen LogP) is 3.51. The Morgan fingerprint density at radius 2 is 2.10 bits per heavy atom. The summed E-state index contributed by atoms with van der Waals surface area (Å²) in [6.45, 7) is 4.75. The van der Waals surface area contributed by atoms with E-state index in [2.05, 4.69) is 29.1 Å². The number of nitrogens with zero attached hydrogens (tertiary/aromatic N) is 2. The van der Waals surface area contributed by atoms with Gasteiger partial charge in [0.25, 0.3) is 0 Å². The summed E-state index contributed by atoms with van der Waals surface area (Å²) in [5.41, 5.74) is 9.01. The zero-order valence-corrected chi connectivity index (χ0v) is 12.3. The van der Waals surface area contributed by atoms with Crippen LogP contribution in [0.15, 0.2) is 30.6 Å². The first kappa shape index (κ1) is 13.0. The van der Waals surface area contributed by atoms with E-state index in [9.17, 15) is 0 Å². The predicted molar refractivity (Wildman–Crippen MR) is 84.5 cm³/mol. The minimum Gasteiger partial charge on any atom is -0.340 e. The molecule has 0 saturated heterocycles. The number of thiophene rings is 1. The Labute approximate surface area is 121 Å². The third kappa shape index (κ3) is 2.26. The van der Waals surface area contributed by atoms with E-state index in [1.807, 2.05) is 24.3 Å². The average Bonchev–Trinajstić information content (AvgIpc) is 2.75. The van der Waals surface area contributed by atoms with Gasteiger partial charge in [-0.3, -0.25) is 0 Å². The molecule has 0 aliphatic heterocycles. The number of hydrogen-bond donors (Lipinski definition) is 2. The number of hydrogen-bond acceptors (Lipinski definition) is 5. The van der Waals surface area contributed by atoms with Gasteiger partial charge in [0.05, 0.1) is 5.39 Å². The molecule has 0 radical (unpaired) electrons. The second kappa shape index (κ2) is 5.19. The molecular weight excluding hydrogens is 268 g/mol. The van der Waals surface area contributed by atoms with Crippen molar-refractivity contribution in [3.63, 3.8) is 0 Å². The molecule has 2 aromatic heterocycles. The zero-order chi connectivity index (χ0) is 14.1. The Kier molecular flexibility index (Phi) is 3.38. The molecule has 4 nitrogen and oxygen atoms in total. The normalized spacial score (nSPS) is 10.9. The second-order valence-electron chi connectivity index (χ2n) is 4.72. The van der Waals surface area contributed by atoms with Crippen LogP contribution in [0.4, 0.5) is 11.5 Å². The quantitative estimate of drug-likeness (QED) is 0.772. The average molecular weight is 284 g/mol. The minimum absolute atomic E-state index is 0.533. The van der Waals surface area contributed by atoms with E-state index in [0.29, 0.717) is 6.54 Å². The van der Waals surface area contributed by atoms with Crippen LogP contribution in [0.3, 0.4) is 0 Å². The van der Waals surface area contributed by atoms with Crippen molar-refractivity contribution < 1.29 is 0 Å². The summed E-state index contributed by atoms with van der Waals surface area (Å²) >= 11 is 1.70. The highest BCUT2D eigenvalue weighted by Crippen LogP contribution is 2.33. The summed E-state index contributed by atoms with van der Waals surface area (Å²) in [6.07, 6.45) is 1.60. The molecule has 5 heteroatoms. The van der Waals surface area contributed by atoms with Crippen molar-refractivity contribution in [3.8, 4) is 0 Å². The van der Waals surface area contributed by atoms with Gasteiger partial charge in [0.2, 0.25) is 0 Å². The van der Waals surface area contributed by atoms with Crippen molar-refractivity contribution in [3.05, 3.63) is 46.6 Å². The summed E-state index contributed by atoms with van der Waals surface area (Å²) in [6, 6.07) is 8.07. The maximum atomic E-state index is 5.68. The monoisotopic (exact) mass is 284 g/mol. The molecule has 0 atom stereocenters. The Balaban J connectivity index is 2.06. The summed E-state index contributed by atoms with van der Waals surface area (Å²) in [5.74, 6) is 0.853. The molecule has 3 rings (SSSR count). The summed E-state index contributed by atoms with van der Waals surface area (Å²) in [5, 5.41) is 4.48. The molecule has 0 unspecified atom stereocenters. The lowest BCUT2D eigenvalue weighted by atomic mass is 10.2. The Bertz CT molecular complexity index is 764. The van der Waals surface area contributed by atoms with Crippen LogP contribution in [0.25, 0.3) is 10.2 Å². The molecule has 0 amide bonds. The van der Waals surface area contributed by atoms with E-state index >= 15 is 0 Å². The van der Waals surface area contributed by atoms with Crippen molar-refractivity contribution in [1.29, 1.82) is 0 Å². The third-order valence-electron chi connectivity index (χ3n) is 3.39. The molecule has 102 valence electrons. The van der Waals surface area contributed by atoms with Gasteiger partial charge in [-0.25, -0.2) is 9.97 Å². The molecule has 0 saturated carbocycles. The second-order valence-corrected chi connectivity index (χ2v) is 5.92.